The van der Waals surface area contributed by atoms with E-state index in [0.29, 0.717) is 18.4 Å². The molecule has 0 amide bonds. The van der Waals surface area contributed by atoms with Crippen molar-refractivity contribution in [2.45, 2.75) is 60.8 Å². The maximum atomic E-state index is 12.1. The largest absolute Gasteiger partial charge is 0.462 e. The summed E-state index contributed by atoms with van der Waals surface area (Å²) in [5.41, 5.74) is 2.65. The average Bonchev–Trinajstić information content (AvgIpc) is 2.85. The number of hydrogen-bond acceptors (Lipinski definition) is 2. The van der Waals surface area contributed by atoms with E-state index in [1.807, 2.05) is 0 Å². The summed E-state index contributed by atoms with van der Waals surface area (Å²) in [5.74, 6) is 0.934. The standard InChI is InChI=1S/C19H30O2/c1-7-8-19(6)11-14(17(20)21-12-19)10-16-15(9-13(2)3)18(16,4)5/h9-10,15-16H,7-8,11-12H2,1-6H3/b14-10-/t15-,16-,19?/m1/s1. The molecule has 2 rings (SSSR count). The van der Waals surface area contributed by atoms with Gasteiger partial charge in [0, 0.05) is 11.0 Å². The minimum absolute atomic E-state index is 0.0952. The van der Waals surface area contributed by atoms with Crippen LogP contribution in [0.2, 0.25) is 0 Å². The summed E-state index contributed by atoms with van der Waals surface area (Å²) >= 11 is 0. The van der Waals surface area contributed by atoms with Crippen molar-refractivity contribution in [3.05, 3.63) is 23.3 Å². The first-order valence-electron chi connectivity index (χ1n) is 8.22. The summed E-state index contributed by atoms with van der Waals surface area (Å²) in [5, 5.41) is 0. The van der Waals surface area contributed by atoms with E-state index < -0.39 is 0 Å². The quantitative estimate of drug-likeness (QED) is 0.418. The van der Waals surface area contributed by atoms with Crippen LogP contribution in [-0.4, -0.2) is 12.6 Å². The lowest BCUT2D eigenvalue weighted by molar-refractivity contribution is -0.147. The van der Waals surface area contributed by atoms with Crippen molar-refractivity contribution >= 4 is 5.97 Å². The van der Waals surface area contributed by atoms with E-state index in [1.165, 1.54) is 5.57 Å². The molecule has 2 heteroatoms. The van der Waals surface area contributed by atoms with Gasteiger partial charge in [0.25, 0.3) is 0 Å². The Bertz CT molecular complexity index is 480. The molecule has 1 saturated carbocycles. The topological polar surface area (TPSA) is 26.3 Å². The number of esters is 1. The number of ether oxygens (including phenoxy) is 1. The Balaban J connectivity index is 2.16. The van der Waals surface area contributed by atoms with Crippen LogP contribution in [0.1, 0.15) is 60.8 Å². The normalized spacial score (nSPS) is 36.3. The van der Waals surface area contributed by atoms with Gasteiger partial charge in [-0.15, -0.1) is 0 Å². The molecule has 0 spiro atoms. The van der Waals surface area contributed by atoms with E-state index in [-0.39, 0.29) is 16.8 Å². The number of rotatable bonds is 4. The van der Waals surface area contributed by atoms with Crippen molar-refractivity contribution in [3.63, 3.8) is 0 Å². The number of cyclic esters (lactones) is 1. The Labute approximate surface area is 129 Å². The fraction of sp³-hybridized carbons (Fsp3) is 0.737. The third-order valence-corrected chi connectivity index (χ3v) is 5.17. The first kappa shape index (κ1) is 16.3. The third-order valence-electron chi connectivity index (χ3n) is 5.17. The lowest BCUT2D eigenvalue weighted by atomic mass is 9.78. The summed E-state index contributed by atoms with van der Waals surface area (Å²) in [6, 6.07) is 0. The number of allylic oxidation sites excluding steroid dienone is 3. The molecule has 21 heavy (non-hydrogen) atoms. The van der Waals surface area contributed by atoms with Gasteiger partial charge >= 0.3 is 5.97 Å². The second-order valence-corrected chi connectivity index (χ2v) is 8.12. The minimum atomic E-state index is -0.0952. The molecule has 0 aromatic carbocycles. The van der Waals surface area contributed by atoms with Gasteiger partial charge in [0.2, 0.25) is 0 Å². The lowest BCUT2D eigenvalue weighted by Crippen LogP contribution is -2.33. The molecule has 1 unspecified atom stereocenters. The van der Waals surface area contributed by atoms with Crippen LogP contribution in [0.5, 0.6) is 0 Å². The van der Waals surface area contributed by atoms with Crippen LogP contribution < -0.4 is 0 Å². The first-order chi connectivity index (χ1) is 9.69. The molecule has 3 atom stereocenters. The van der Waals surface area contributed by atoms with Crippen LogP contribution in [0, 0.1) is 22.7 Å². The van der Waals surface area contributed by atoms with E-state index >= 15 is 0 Å². The predicted molar refractivity (Wildman–Crippen MR) is 86.9 cm³/mol. The number of carbonyl (C=O) groups excluding carboxylic acids is 1. The van der Waals surface area contributed by atoms with E-state index in [0.717, 1.165) is 24.8 Å². The molecule has 0 aromatic heterocycles. The third kappa shape index (κ3) is 3.41. The molecule has 2 fully saturated rings. The summed E-state index contributed by atoms with van der Waals surface area (Å²) in [6.45, 7) is 13.9. The minimum Gasteiger partial charge on any atom is -0.462 e. The Morgan fingerprint density at radius 3 is 2.52 bits per heavy atom. The van der Waals surface area contributed by atoms with Crippen LogP contribution in [-0.2, 0) is 9.53 Å². The van der Waals surface area contributed by atoms with Gasteiger partial charge in [-0.2, -0.15) is 0 Å². The molecule has 118 valence electrons. The monoisotopic (exact) mass is 290 g/mol. The zero-order valence-electron chi connectivity index (χ0n) is 14.5. The maximum absolute atomic E-state index is 12.1. The Morgan fingerprint density at radius 2 is 1.95 bits per heavy atom. The fourth-order valence-corrected chi connectivity index (χ4v) is 3.74. The predicted octanol–water partition coefficient (Wildman–Crippen LogP) is 4.90. The highest BCUT2D eigenvalue weighted by atomic mass is 16.5. The molecule has 1 aliphatic heterocycles. The summed E-state index contributed by atoms with van der Waals surface area (Å²) < 4.78 is 5.45. The molecule has 0 radical (unpaired) electrons. The molecule has 1 heterocycles. The number of carbonyl (C=O) groups is 1. The van der Waals surface area contributed by atoms with Crippen LogP contribution in [0.25, 0.3) is 0 Å². The molecule has 1 saturated heterocycles. The smallest absolute Gasteiger partial charge is 0.333 e. The van der Waals surface area contributed by atoms with E-state index in [9.17, 15) is 4.79 Å². The summed E-state index contributed by atoms with van der Waals surface area (Å²) in [7, 11) is 0. The first-order valence-corrected chi connectivity index (χ1v) is 8.22. The van der Waals surface area contributed by atoms with Crippen LogP contribution >= 0.6 is 0 Å². The van der Waals surface area contributed by atoms with Gasteiger partial charge in [-0.05, 0) is 43.9 Å². The lowest BCUT2D eigenvalue weighted by Gasteiger charge is -2.33. The molecular weight excluding hydrogens is 260 g/mol. The summed E-state index contributed by atoms with van der Waals surface area (Å²) in [6.07, 6.45) is 7.67. The zero-order chi connectivity index (χ0) is 15.8. The second-order valence-electron chi connectivity index (χ2n) is 8.12. The molecule has 0 N–H and O–H groups in total. The highest BCUT2D eigenvalue weighted by molar-refractivity contribution is 5.89. The molecule has 0 bridgehead atoms. The zero-order valence-corrected chi connectivity index (χ0v) is 14.5. The Morgan fingerprint density at radius 1 is 1.29 bits per heavy atom. The Hall–Kier alpha value is -1.05. The van der Waals surface area contributed by atoms with E-state index in [4.69, 9.17) is 4.74 Å². The second kappa shape index (κ2) is 5.62. The number of hydrogen-bond donors (Lipinski definition) is 0. The fourth-order valence-electron chi connectivity index (χ4n) is 3.74. The maximum Gasteiger partial charge on any atom is 0.333 e. The van der Waals surface area contributed by atoms with Gasteiger partial charge < -0.3 is 4.74 Å². The Kier molecular flexibility index (Phi) is 4.37. The van der Waals surface area contributed by atoms with Crippen LogP contribution in [0.4, 0.5) is 0 Å². The van der Waals surface area contributed by atoms with Gasteiger partial charge in [-0.3, -0.25) is 0 Å². The van der Waals surface area contributed by atoms with Crippen LogP contribution in [0.3, 0.4) is 0 Å². The van der Waals surface area contributed by atoms with Gasteiger partial charge in [-0.25, -0.2) is 4.79 Å². The molecular formula is C19H30O2. The molecule has 1 aliphatic carbocycles. The van der Waals surface area contributed by atoms with E-state index in [2.05, 4.69) is 53.7 Å². The SMILES string of the molecule is CCCC1(C)COC(=O)/C(=C\[C@@H]2[C@@H](C=C(C)C)C2(C)C)C1. The average molecular weight is 290 g/mol. The summed E-state index contributed by atoms with van der Waals surface area (Å²) in [4.78, 5) is 12.1. The van der Waals surface area contributed by atoms with Gasteiger partial charge in [0.15, 0.2) is 0 Å². The van der Waals surface area contributed by atoms with Crippen molar-refractivity contribution in [3.8, 4) is 0 Å². The van der Waals surface area contributed by atoms with Gasteiger partial charge in [0.1, 0.15) is 0 Å². The van der Waals surface area contributed by atoms with Crippen molar-refractivity contribution in [2.75, 3.05) is 6.61 Å². The van der Waals surface area contributed by atoms with Gasteiger partial charge in [0.05, 0.1) is 6.61 Å². The van der Waals surface area contributed by atoms with Crippen LogP contribution in [0.15, 0.2) is 23.3 Å². The highest BCUT2D eigenvalue weighted by Crippen LogP contribution is 2.60. The van der Waals surface area contributed by atoms with Gasteiger partial charge in [-0.1, -0.05) is 51.8 Å². The molecule has 2 nitrogen and oxygen atoms in total. The van der Waals surface area contributed by atoms with Crippen molar-refractivity contribution in [2.24, 2.45) is 22.7 Å². The van der Waals surface area contributed by atoms with Crippen molar-refractivity contribution in [1.29, 1.82) is 0 Å². The molecule has 2 aliphatic rings. The van der Waals surface area contributed by atoms with E-state index in [1.54, 1.807) is 0 Å². The van der Waals surface area contributed by atoms with Crippen molar-refractivity contribution < 1.29 is 9.53 Å². The highest BCUT2D eigenvalue weighted by Gasteiger charge is 2.55. The van der Waals surface area contributed by atoms with Crippen molar-refractivity contribution in [1.82, 2.24) is 0 Å². The molecule has 0 aromatic rings.